The number of halogens is 5. The number of nitrogens with one attached hydrogen (secondary N) is 2. The van der Waals surface area contributed by atoms with Gasteiger partial charge in [0, 0.05) is 37.8 Å². The van der Waals surface area contributed by atoms with Crippen molar-refractivity contribution in [3.8, 4) is 5.75 Å². The molecule has 0 aromatic heterocycles. The Morgan fingerprint density at radius 3 is 2.51 bits per heavy atom. The maximum absolute atomic E-state index is 13.4. The van der Waals surface area contributed by atoms with Gasteiger partial charge in [-0.1, -0.05) is 0 Å². The number of likely N-dealkylation sites (N-methyl/N-ethyl adjacent to an activating group) is 1. The number of likely N-dealkylation sites (tertiary alicyclic amines) is 1. The van der Waals surface area contributed by atoms with Crippen LogP contribution in [0.3, 0.4) is 0 Å². The van der Waals surface area contributed by atoms with Gasteiger partial charge in [-0.3, -0.25) is 19.3 Å². The number of nitrogens with zero attached hydrogens (tertiary/aromatic N) is 2. The van der Waals surface area contributed by atoms with E-state index in [9.17, 15) is 36.3 Å². The van der Waals surface area contributed by atoms with E-state index in [1.807, 2.05) is 0 Å². The van der Waals surface area contributed by atoms with E-state index in [4.69, 9.17) is 9.47 Å². The van der Waals surface area contributed by atoms with Gasteiger partial charge in [0.1, 0.15) is 18.5 Å². The number of hydrogen-bond acceptors (Lipinski definition) is 6. The predicted molar refractivity (Wildman–Crippen MR) is 144 cm³/mol. The molecule has 3 amide bonds. The van der Waals surface area contributed by atoms with Crippen molar-refractivity contribution in [3.05, 3.63) is 59.2 Å². The molecule has 0 aliphatic carbocycles. The molecule has 3 aliphatic rings. The zero-order chi connectivity index (χ0) is 30.9. The summed E-state index contributed by atoms with van der Waals surface area (Å²) in [6.07, 6.45) is -4.52. The minimum atomic E-state index is -4.52. The smallest absolute Gasteiger partial charge is 0.416 e. The molecule has 0 radical (unpaired) electrons. The summed E-state index contributed by atoms with van der Waals surface area (Å²) in [4.78, 5) is 41.4. The summed E-state index contributed by atoms with van der Waals surface area (Å²) >= 11 is 0. The van der Waals surface area contributed by atoms with Crippen LogP contribution in [0.5, 0.6) is 5.75 Å². The maximum Gasteiger partial charge on any atom is 0.416 e. The molecular weight excluding hydrogens is 579 g/mol. The number of ether oxygens (including phenoxy) is 2. The minimum absolute atomic E-state index is 0.0185. The van der Waals surface area contributed by atoms with Crippen molar-refractivity contribution in [2.45, 2.75) is 49.6 Å². The van der Waals surface area contributed by atoms with Crippen LogP contribution in [0, 0.1) is 0 Å². The third-order valence-electron chi connectivity index (χ3n) is 7.89. The largest absolute Gasteiger partial charge is 0.490 e. The lowest BCUT2D eigenvalue weighted by molar-refractivity contribution is -0.137. The topological polar surface area (TPSA) is 100 Å². The van der Waals surface area contributed by atoms with Crippen LogP contribution in [0.1, 0.15) is 45.5 Å². The van der Waals surface area contributed by atoms with Gasteiger partial charge in [0.25, 0.3) is 17.7 Å². The van der Waals surface area contributed by atoms with Gasteiger partial charge in [0.05, 0.1) is 36.4 Å². The Kier molecular flexibility index (Phi) is 8.61. The van der Waals surface area contributed by atoms with Crippen molar-refractivity contribution >= 4 is 23.4 Å². The first-order valence-electron chi connectivity index (χ1n) is 13.8. The van der Waals surface area contributed by atoms with Gasteiger partial charge < -0.3 is 25.0 Å². The van der Waals surface area contributed by atoms with Gasteiger partial charge in [-0.2, -0.15) is 13.2 Å². The van der Waals surface area contributed by atoms with Crippen molar-refractivity contribution in [1.29, 1.82) is 0 Å². The van der Waals surface area contributed by atoms with Crippen LogP contribution in [0.2, 0.25) is 0 Å². The van der Waals surface area contributed by atoms with Gasteiger partial charge in [-0.05, 0) is 55.3 Å². The molecule has 0 saturated carbocycles. The summed E-state index contributed by atoms with van der Waals surface area (Å²) < 4.78 is 77.4. The first-order valence-corrected chi connectivity index (χ1v) is 13.8. The molecule has 0 unspecified atom stereocenters. The molecule has 2 fully saturated rings. The summed E-state index contributed by atoms with van der Waals surface area (Å²) in [6, 6.07) is 7.95. The van der Waals surface area contributed by atoms with E-state index in [-0.39, 0.29) is 79.2 Å². The lowest BCUT2D eigenvalue weighted by Crippen LogP contribution is -2.55. The highest BCUT2D eigenvalue weighted by atomic mass is 19.4. The SMILES string of the molecule is CN1C(=O)c2cc(NC(=O)c3ccc(C(F)(F)F)cc3)ccc2OC[C@@H]2O[C@H](CNC(=O)CN3CCC(F)(F)C3)CC[C@@H]21. The second-order valence-corrected chi connectivity index (χ2v) is 11.0. The van der Waals surface area contributed by atoms with Crippen LogP contribution >= 0.6 is 0 Å². The summed E-state index contributed by atoms with van der Waals surface area (Å²) in [5.74, 6) is -3.87. The van der Waals surface area contributed by atoms with E-state index in [1.54, 1.807) is 11.9 Å². The van der Waals surface area contributed by atoms with Gasteiger partial charge in [-0.15, -0.1) is 0 Å². The Morgan fingerprint density at radius 1 is 1.09 bits per heavy atom. The lowest BCUT2D eigenvalue weighted by atomic mass is 9.95. The zero-order valence-electron chi connectivity index (χ0n) is 23.3. The molecule has 0 bridgehead atoms. The van der Waals surface area contributed by atoms with Crippen LogP contribution in [0.15, 0.2) is 42.5 Å². The molecule has 2 saturated heterocycles. The van der Waals surface area contributed by atoms with Gasteiger partial charge in [0.2, 0.25) is 5.91 Å². The number of rotatable bonds is 6. The number of fused-ring (bicyclic) bond motifs is 2. The fourth-order valence-electron chi connectivity index (χ4n) is 5.55. The molecule has 3 heterocycles. The standard InChI is InChI=1S/C29H31F5N4O5/c1-37-22-8-7-20(13-35-25(39)14-38-11-10-28(30,31)16-38)43-24(22)15-42-23-9-6-19(12-21(23)27(37)41)36-26(40)17-2-4-18(5-3-17)29(32,33)34/h2-6,9,12,20,22,24H,7-8,10-11,13-16H2,1H3,(H,35,39)(H,36,40)/t20-,22-,24-/m0/s1. The van der Waals surface area contributed by atoms with E-state index in [2.05, 4.69) is 10.6 Å². The van der Waals surface area contributed by atoms with Crippen LogP contribution in [0.25, 0.3) is 0 Å². The number of benzene rings is 2. The average Bonchev–Trinajstić information content (AvgIpc) is 3.31. The fraction of sp³-hybridized carbons (Fsp3) is 0.483. The summed E-state index contributed by atoms with van der Waals surface area (Å²) in [5.41, 5.74) is -0.387. The lowest BCUT2D eigenvalue weighted by Gasteiger charge is -2.42. The Balaban J connectivity index is 1.19. The number of carbonyl (C=O) groups excluding carboxylic acids is 3. The maximum atomic E-state index is 13.4. The van der Waals surface area contributed by atoms with Crippen molar-refractivity contribution in [1.82, 2.24) is 15.1 Å². The average molecular weight is 611 g/mol. The Bertz CT molecular complexity index is 1370. The van der Waals surface area contributed by atoms with Crippen molar-refractivity contribution < 1.29 is 45.8 Å². The van der Waals surface area contributed by atoms with Crippen molar-refractivity contribution in [2.24, 2.45) is 0 Å². The molecule has 9 nitrogen and oxygen atoms in total. The molecule has 14 heteroatoms. The number of anilines is 1. The highest BCUT2D eigenvalue weighted by Crippen LogP contribution is 2.33. The monoisotopic (exact) mass is 610 g/mol. The molecule has 0 spiro atoms. The molecule has 232 valence electrons. The first-order chi connectivity index (χ1) is 20.3. The van der Waals surface area contributed by atoms with E-state index in [0.717, 1.165) is 24.3 Å². The Morgan fingerprint density at radius 2 is 1.84 bits per heavy atom. The fourth-order valence-corrected chi connectivity index (χ4v) is 5.55. The molecule has 3 atom stereocenters. The molecule has 43 heavy (non-hydrogen) atoms. The van der Waals surface area contributed by atoms with Crippen LogP contribution in [0.4, 0.5) is 27.6 Å². The Hall–Kier alpha value is -3.78. The second kappa shape index (κ2) is 12.1. The normalized spacial score (nSPS) is 23.8. The highest BCUT2D eigenvalue weighted by molar-refractivity contribution is 6.05. The molecule has 2 aromatic rings. The molecule has 5 rings (SSSR count). The molecular formula is C29H31F5N4O5. The van der Waals surface area contributed by atoms with Crippen molar-refractivity contribution in [3.63, 3.8) is 0 Å². The number of hydrogen-bond donors (Lipinski definition) is 2. The molecule has 2 aromatic carbocycles. The highest BCUT2D eigenvalue weighted by Gasteiger charge is 2.40. The van der Waals surface area contributed by atoms with E-state index >= 15 is 0 Å². The van der Waals surface area contributed by atoms with Crippen LogP contribution < -0.4 is 15.4 Å². The van der Waals surface area contributed by atoms with Crippen LogP contribution in [-0.4, -0.2) is 91.5 Å². The number of amides is 3. The first kappa shape index (κ1) is 30.7. The second-order valence-electron chi connectivity index (χ2n) is 11.0. The Labute approximate surface area is 244 Å². The zero-order valence-corrected chi connectivity index (χ0v) is 23.3. The third kappa shape index (κ3) is 7.24. The molecule has 2 N–H and O–H groups in total. The predicted octanol–water partition coefficient (Wildman–Crippen LogP) is 3.80. The van der Waals surface area contributed by atoms with E-state index in [1.165, 1.54) is 23.1 Å². The van der Waals surface area contributed by atoms with E-state index in [0.29, 0.717) is 12.8 Å². The number of alkyl halides is 5. The van der Waals surface area contributed by atoms with Gasteiger partial charge in [0.15, 0.2) is 0 Å². The molecule has 3 aliphatic heterocycles. The summed E-state index contributed by atoms with van der Waals surface area (Å²) in [6.45, 7) is -0.0761. The summed E-state index contributed by atoms with van der Waals surface area (Å²) in [7, 11) is 1.64. The van der Waals surface area contributed by atoms with Crippen molar-refractivity contribution in [2.75, 3.05) is 45.2 Å². The summed E-state index contributed by atoms with van der Waals surface area (Å²) in [5, 5.41) is 5.36. The quantitative estimate of drug-likeness (QED) is 0.483. The number of carbonyl (C=O) groups is 3. The third-order valence-corrected chi connectivity index (χ3v) is 7.89. The minimum Gasteiger partial charge on any atom is -0.490 e. The van der Waals surface area contributed by atoms with E-state index < -0.39 is 36.2 Å². The van der Waals surface area contributed by atoms with Gasteiger partial charge >= 0.3 is 6.18 Å². The van der Waals surface area contributed by atoms with Crippen LogP contribution in [-0.2, 0) is 15.7 Å². The van der Waals surface area contributed by atoms with Gasteiger partial charge in [-0.25, -0.2) is 8.78 Å².